The van der Waals surface area contributed by atoms with Crippen LogP contribution >= 0.6 is 21.6 Å². The summed E-state index contributed by atoms with van der Waals surface area (Å²) in [6.45, 7) is 1.74. The fraction of sp³-hybridized carbons (Fsp3) is 0.467. The summed E-state index contributed by atoms with van der Waals surface area (Å²) in [5.74, 6) is 1.22. The molecule has 0 aromatic heterocycles. The van der Waals surface area contributed by atoms with E-state index in [1.807, 2.05) is 36.4 Å². The summed E-state index contributed by atoms with van der Waals surface area (Å²) in [5, 5.41) is 70.8. The highest BCUT2D eigenvalue weighted by atomic mass is 33.1. The van der Waals surface area contributed by atoms with Gasteiger partial charge >= 0.3 is 0 Å². The molecule has 1 heterocycles. The van der Waals surface area contributed by atoms with E-state index >= 15 is 0 Å². The zero-order chi connectivity index (χ0) is 42.3. The van der Waals surface area contributed by atoms with Crippen LogP contribution in [0.4, 0.5) is 5.69 Å². The van der Waals surface area contributed by atoms with Gasteiger partial charge in [0, 0.05) is 54.4 Å². The number of phenols is 2. The molecule has 0 radical (unpaired) electrons. The molecule has 12 nitrogen and oxygen atoms in total. The van der Waals surface area contributed by atoms with Gasteiger partial charge in [-0.15, -0.1) is 0 Å². The van der Waals surface area contributed by atoms with Crippen molar-refractivity contribution < 1.29 is 49.7 Å². The van der Waals surface area contributed by atoms with E-state index in [-0.39, 0.29) is 62.3 Å². The van der Waals surface area contributed by atoms with Crippen LogP contribution in [0.5, 0.6) is 17.2 Å². The van der Waals surface area contributed by atoms with E-state index < -0.39 is 18.4 Å². The number of benzene rings is 4. The van der Waals surface area contributed by atoms with Crippen molar-refractivity contribution in [3.05, 3.63) is 82.4 Å². The number of anilines is 1. The molecule has 1 aliphatic heterocycles. The standard InChI is InChI=1S/C45H58N2O10S2/c1-28(51)24-47-41-21-31(6-5-19-49)39(20-32(41)25-50)45(46-17-3-4-18-48)57-36-14-13-35(54)26-58-59-27-40-37(15-9-29-7-11-34(53)23-38(29)40)43-30(8-12-33(52)22-36)10-16-42(55)44(43)56-2/h7,9-11,15-16,20-21,23,35-36,45-50,53-55H,3-6,8,12-14,17-19,22,24-27H2,1-2H3/t35-,36+,45-/m0/s1. The van der Waals surface area contributed by atoms with Crippen molar-refractivity contribution in [3.8, 4) is 28.4 Å². The topological polar surface area (TPSA) is 198 Å². The van der Waals surface area contributed by atoms with Crippen LogP contribution in [0, 0.1) is 0 Å². The summed E-state index contributed by atoms with van der Waals surface area (Å²) in [6, 6.07) is 16.3. The summed E-state index contributed by atoms with van der Waals surface area (Å²) < 4.78 is 12.6. The SMILES string of the molecule is COc1c(O)ccc2c1-c1ccc3ccc(O)cc3c1CSSC[C@@H](O)CC[C@@H](O[C@H](NCCCCO)c1cc(CO)c(NCC(C)=O)cc1CCCO)CC(=O)CC2. The molecule has 0 aliphatic carbocycles. The first kappa shape index (κ1) is 46.2. The Morgan fingerprint density at radius 1 is 0.932 bits per heavy atom. The zero-order valence-corrected chi connectivity index (χ0v) is 35.5. The van der Waals surface area contributed by atoms with Crippen molar-refractivity contribution in [1.29, 1.82) is 0 Å². The van der Waals surface area contributed by atoms with E-state index in [1.54, 1.807) is 29.0 Å². The van der Waals surface area contributed by atoms with Crippen LogP contribution in [0.1, 0.15) is 85.9 Å². The largest absolute Gasteiger partial charge is 0.508 e. The van der Waals surface area contributed by atoms with Crippen molar-refractivity contribution >= 4 is 49.6 Å². The minimum absolute atomic E-state index is 0.0320. The fourth-order valence-electron chi connectivity index (χ4n) is 7.47. The molecule has 5 rings (SSSR count). The van der Waals surface area contributed by atoms with E-state index in [1.165, 1.54) is 24.8 Å². The van der Waals surface area contributed by atoms with Gasteiger partial charge in [0.25, 0.3) is 0 Å². The lowest BCUT2D eigenvalue weighted by Crippen LogP contribution is -2.32. The molecular weight excluding hydrogens is 793 g/mol. The summed E-state index contributed by atoms with van der Waals surface area (Å²) in [5.41, 5.74) is 5.98. The van der Waals surface area contributed by atoms with Crippen LogP contribution in [-0.4, -0.2) is 93.6 Å². The molecule has 4 aromatic carbocycles. The second-order valence-electron chi connectivity index (χ2n) is 14.9. The van der Waals surface area contributed by atoms with E-state index in [0.29, 0.717) is 85.6 Å². The van der Waals surface area contributed by atoms with Crippen molar-refractivity contribution in [3.63, 3.8) is 0 Å². The van der Waals surface area contributed by atoms with Gasteiger partial charge in [-0.3, -0.25) is 14.9 Å². The van der Waals surface area contributed by atoms with Crippen LogP contribution in [0.2, 0.25) is 0 Å². The molecule has 1 aliphatic rings. The summed E-state index contributed by atoms with van der Waals surface area (Å²) in [4.78, 5) is 25.9. The third-order valence-electron chi connectivity index (χ3n) is 10.5. The second-order valence-corrected chi connectivity index (χ2v) is 17.4. The predicted octanol–water partition coefficient (Wildman–Crippen LogP) is 6.72. The molecule has 0 saturated carbocycles. The lowest BCUT2D eigenvalue weighted by atomic mass is 9.89. The van der Waals surface area contributed by atoms with E-state index in [4.69, 9.17) is 9.47 Å². The van der Waals surface area contributed by atoms with Crippen LogP contribution in [-0.2, 0) is 39.5 Å². The van der Waals surface area contributed by atoms with Crippen molar-refractivity contribution in [2.24, 2.45) is 0 Å². The normalized spacial score (nSPS) is 17.3. The van der Waals surface area contributed by atoms with Crippen LogP contribution in [0.25, 0.3) is 21.9 Å². The third kappa shape index (κ3) is 12.8. The van der Waals surface area contributed by atoms with Gasteiger partial charge in [-0.05, 0) is 127 Å². The number of carbonyl (C=O) groups excluding carboxylic acids is 2. The van der Waals surface area contributed by atoms with E-state index in [0.717, 1.165) is 38.6 Å². The average Bonchev–Trinajstić information content (AvgIpc) is 3.22. The van der Waals surface area contributed by atoms with Gasteiger partial charge in [0.05, 0.1) is 32.5 Å². The third-order valence-corrected chi connectivity index (χ3v) is 12.9. The lowest BCUT2D eigenvalue weighted by molar-refractivity contribution is -0.124. The minimum atomic E-state index is -0.737. The number of methoxy groups -OCH3 is 1. The molecule has 0 saturated heterocycles. The number of ether oxygens (including phenoxy) is 2. The first-order valence-corrected chi connectivity index (χ1v) is 22.7. The fourth-order valence-corrected chi connectivity index (χ4v) is 9.76. The molecule has 4 aromatic rings. The predicted molar refractivity (Wildman–Crippen MR) is 235 cm³/mol. The molecule has 0 bridgehead atoms. The number of fused-ring (bicyclic) bond motifs is 5. The number of aliphatic hydroxyl groups excluding tert-OH is 4. The lowest BCUT2D eigenvalue weighted by Gasteiger charge is -2.29. The maximum absolute atomic E-state index is 14.1. The van der Waals surface area contributed by atoms with Crippen LogP contribution in [0.3, 0.4) is 0 Å². The maximum atomic E-state index is 14.1. The molecule has 0 fully saturated rings. The Bertz CT molecular complexity index is 2030. The highest BCUT2D eigenvalue weighted by Crippen LogP contribution is 2.46. The molecule has 0 spiro atoms. The van der Waals surface area contributed by atoms with Gasteiger partial charge in [-0.1, -0.05) is 45.9 Å². The Hall–Kier alpha value is -3.86. The van der Waals surface area contributed by atoms with Crippen molar-refractivity contribution in [1.82, 2.24) is 5.32 Å². The van der Waals surface area contributed by atoms with Gasteiger partial charge in [0.1, 0.15) is 23.5 Å². The molecule has 0 amide bonds. The summed E-state index contributed by atoms with van der Waals surface area (Å²) in [6.07, 6.45) is 1.48. The van der Waals surface area contributed by atoms with E-state index in [9.17, 15) is 40.2 Å². The number of rotatable bonds is 16. The highest BCUT2D eigenvalue weighted by molar-refractivity contribution is 8.76. The maximum Gasteiger partial charge on any atom is 0.168 e. The van der Waals surface area contributed by atoms with Gasteiger partial charge in [-0.2, -0.15) is 0 Å². The number of phenolic OH excluding ortho intramolecular Hbond substituents is 2. The number of aromatic hydroxyl groups is 2. The number of hydrogen-bond donors (Lipinski definition) is 8. The van der Waals surface area contributed by atoms with Gasteiger partial charge in [0.15, 0.2) is 11.5 Å². The molecule has 0 unspecified atom stereocenters. The molecule has 3 atom stereocenters. The smallest absolute Gasteiger partial charge is 0.168 e. The average molecular weight is 851 g/mol. The number of Topliss-reactive ketones (excluding diaryl/α,β-unsaturated/α-hetero) is 2. The number of nitrogens with one attached hydrogen (secondary N) is 2. The van der Waals surface area contributed by atoms with Gasteiger partial charge < -0.3 is 45.4 Å². The number of aryl methyl sites for hydroxylation is 2. The molecule has 59 heavy (non-hydrogen) atoms. The van der Waals surface area contributed by atoms with E-state index in [2.05, 4.69) is 10.6 Å². The molecule has 320 valence electrons. The van der Waals surface area contributed by atoms with Crippen LogP contribution < -0.4 is 15.4 Å². The second kappa shape index (κ2) is 23.2. The summed E-state index contributed by atoms with van der Waals surface area (Å²) >= 11 is 0. The van der Waals surface area contributed by atoms with Crippen LogP contribution in [0.15, 0.2) is 54.6 Å². The molecule has 14 heteroatoms. The number of ketones is 2. The van der Waals surface area contributed by atoms with Crippen molar-refractivity contribution in [2.75, 3.05) is 44.5 Å². The number of carbonyl (C=O) groups is 2. The number of unbranched alkanes of at least 4 members (excludes halogenated alkanes) is 1. The highest BCUT2D eigenvalue weighted by Gasteiger charge is 2.27. The first-order valence-electron chi connectivity index (χ1n) is 20.2. The Kier molecular flexibility index (Phi) is 18.2. The van der Waals surface area contributed by atoms with Gasteiger partial charge in [-0.25, -0.2) is 0 Å². The Morgan fingerprint density at radius 3 is 2.47 bits per heavy atom. The monoisotopic (exact) mass is 850 g/mol. The molecular formula is C45H58N2O10S2. The van der Waals surface area contributed by atoms with Crippen molar-refractivity contribution in [2.45, 2.75) is 95.5 Å². The zero-order valence-electron chi connectivity index (χ0n) is 33.9. The number of aliphatic hydroxyl groups is 4. The molecule has 8 N–H and O–H groups in total. The summed E-state index contributed by atoms with van der Waals surface area (Å²) in [7, 11) is 4.62. The Balaban J connectivity index is 1.51. The minimum Gasteiger partial charge on any atom is -0.508 e. The number of hydrogen-bond acceptors (Lipinski definition) is 14. The first-order chi connectivity index (χ1) is 28.6. The quantitative estimate of drug-likeness (QED) is 0.0336. The Labute approximate surface area is 354 Å². The Morgan fingerprint density at radius 2 is 1.73 bits per heavy atom. The van der Waals surface area contributed by atoms with Gasteiger partial charge in [0.2, 0.25) is 0 Å².